The van der Waals surface area contributed by atoms with E-state index in [1.54, 1.807) is 0 Å². The summed E-state index contributed by atoms with van der Waals surface area (Å²) < 4.78 is 17.2. The number of furan rings is 1. The molecular formula is C21H25NO4. The smallest absolute Gasteiger partial charge is 0.223 e. The van der Waals surface area contributed by atoms with Crippen LogP contribution in [0, 0.1) is 0 Å². The number of benzene rings is 1. The average molecular weight is 355 g/mol. The number of carbonyl (C=O) groups is 1. The van der Waals surface area contributed by atoms with Crippen molar-refractivity contribution in [3.8, 4) is 11.3 Å². The number of ether oxygens (including phenoxy) is 2. The van der Waals surface area contributed by atoms with E-state index in [1.165, 1.54) is 0 Å². The molecule has 0 bridgehead atoms. The number of amides is 1. The van der Waals surface area contributed by atoms with Crippen LogP contribution in [-0.2, 0) is 20.7 Å². The Balaban J connectivity index is 1.36. The van der Waals surface area contributed by atoms with Crippen LogP contribution in [0.2, 0.25) is 0 Å². The summed E-state index contributed by atoms with van der Waals surface area (Å²) in [5.74, 6) is 1.85. The van der Waals surface area contributed by atoms with Gasteiger partial charge in [0.1, 0.15) is 11.5 Å². The summed E-state index contributed by atoms with van der Waals surface area (Å²) in [4.78, 5) is 14.7. The Morgan fingerprint density at radius 1 is 1.04 bits per heavy atom. The first-order valence-electron chi connectivity index (χ1n) is 9.48. The minimum atomic E-state index is -0.257. The lowest BCUT2D eigenvalue weighted by atomic mass is 10.0. The summed E-state index contributed by atoms with van der Waals surface area (Å²) in [6, 6.07) is 14.0. The number of aryl methyl sites for hydroxylation is 1. The lowest BCUT2D eigenvalue weighted by Crippen LogP contribution is -2.50. The first-order chi connectivity index (χ1) is 12.8. The largest absolute Gasteiger partial charge is 0.461 e. The van der Waals surface area contributed by atoms with Crippen molar-refractivity contribution in [2.24, 2.45) is 0 Å². The summed E-state index contributed by atoms with van der Waals surface area (Å²) in [5.41, 5.74) is 1.05. The molecule has 5 nitrogen and oxygen atoms in total. The first kappa shape index (κ1) is 17.3. The number of rotatable bonds is 5. The molecule has 1 unspecified atom stereocenters. The Kier molecular flexibility index (Phi) is 5.37. The number of piperidine rings is 1. The molecule has 1 atom stereocenters. The first-order valence-corrected chi connectivity index (χ1v) is 9.48. The third-order valence-corrected chi connectivity index (χ3v) is 5.14. The van der Waals surface area contributed by atoms with Crippen LogP contribution in [0.15, 0.2) is 46.9 Å². The Bertz CT molecular complexity index is 721. The maximum atomic E-state index is 12.8. The molecule has 26 heavy (non-hydrogen) atoms. The van der Waals surface area contributed by atoms with Gasteiger partial charge in [-0.15, -0.1) is 0 Å². The van der Waals surface area contributed by atoms with Gasteiger partial charge >= 0.3 is 0 Å². The number of hydrogen-bond acceptors (Lipinski definition) is 4. The van der Waals surface area contributed by atoms with Crippen LogP contribution in [0.5, 0.6) is 0 Å². The standard InChI is InChI=1S/C21H25NO4/c23-20(22-13-5-4-8-18(22)21-24-14-15-25-21)12-10-17-9-11-19(26-17)16-6-2-1-3-7-16/h1-3,6-7,9,11,18,21H,4-5,8,10,12-15H2. The third kappa shape index (κ3) is 3.84. The number of hydrogen-bond donors (Lipinski definition) is 0. The molecule has 2 saturated heterocycles. The second kappa shape index (κ2) is 8.06. The van der Waals surface area contributed by atoms with E-state index in [1.807, 2.05) is 47.4 Å². The Hall–Kier alpha value is -2.11. The van der Waals surface area contributed by atoms with Crippen LogP contribution in [0.1, 0.15) is 31.4 Å². The van der Waals surface area contributed by atoms with E-state index in [2.05, 4.69) is 0 Å². The highest BCUT2D eigenvalue weighted by Gasteiger charge is 2.35. The molecule has 2 fully saturated rings. The van der Waals surface area contributed by atoms with Gasteiger partial charge in [-0.2, -0.15) is 0 Å². The fourth-order valence-electron chi connectivity index (χ4n) is 3.79. The van der Waals surface area contributed by atoms with Crippen LogP contribution in [0.4, 0.5) is 0 Å². The molecule has 2 aromatic rings. The summed E-state index contributed by atoms with van der Waals surface area (Å²) >= 11 is 0. The van der Waals surface area contributed by atoms with E-state index in [-0.39, 0.29) is 18.2 Å². The van der Waals surface area contributed by atoms with Gasteiger partial charge in [0.15, 0.2) is 6.29 Å². The van der Waals surface area contributed by atoms with Gasteiger partial charge in [-0.3, -0.25) is 4.79 Å². The van der Waals surface area contributed by atoms with Gasteiger partial charge in [-0.1, -0.05) is 30.3 Å². The van der Waals surface area contributed by atoms with Crippen molar-refractivity contribution in [1.82, 2.24) is 4.90 Å². The predicted molar refractivity (Wildman–Crippen MR) is 97.5 cm³/mol. The predicted octanol–water partition coefficient (Wildman–Crippen LogP) is 3.63. The van der Waals surface area contributed by atoms with Crippen molar-refractivity contribution in [2.45, 2.75) is 44.4 Å². The highest BCUT2D eigenvalue weighted by atomic mass is 16.7. The minimum absolute atomic E-state index is 0.0511. The zero-order valence-electron chi connectivity index (χ0n) is 14.9. The van der Waals surface area contributed by atoms with Gasteiger partial charge < -0.3 is 18.8 Å². The number of carbonyl (C=O) groups excluding carboxylic acids is 1. The SMILES string of the molecule is O=C(CCc1ccc(-c2ccccc2)o1)N1CCCCC1C1OCCO1. The zero-order chi connectivity index (χ0) is 17.8. The van der Waals surface area contributed by atoms with Gasteiger partial charge in [0, 0.05) is 24.9 Å². The molecule has 0 aliphatic carbocycles. The molecule has 138 valence electrons. The van der Waals surface area contributed by atoms with Gasteiger partial charge in [0.2, 0.25) is 5.91 Å². The Labute approximate surface area is 153 Å². The molecule has 1 aromatic carbocycles. The van der Waals surface area contributed by atoms with Crippen molar-refractivity contribution in [3.63, 3.8) is 0 Å². The van der Waals surface area contributed by atoms with E-state index in [0.29, 0.717) is 26.1 Å². The second-order valence-electron chi connectivity index (χ2n) is 6.89. The molecule has 2 aliphatic heterocycles. The monoisotopic (exact) mass is 355 g/mol. The Morgan fingerprint density at radius 3 is 2.65 bits per heavy atom. The molecule has 3 heterocycles. The van der Waals surface area contributed by atoms with E-state index in [0.717, 1.165) is 42.9 Å². The zero-order valence-corrected chi connectivity index (χ0v) is 14.9. The molecule has 0 radical (unpaired) electrons. The van der Waals surface area contributed by atoms with Gasteiger partial charge in [-0.25, -0.2) is 0 Å². The molecule has 4 rings (SSSR count). The summed E-state index contributed by atoms with van der Waals surface area (Å²) in [6.45, 7) is 2.04. The fraction of sp³-hybridized carbons (Fsp3) is 0.476. The number of nitrogens with zero attached hydrogens (tertiary/aromatic N) is 1. The highest BCUT2D eigenvalue weighted by molar-refractivity contribution is 5.77. The Morgan fingerprint density at radius 2 is 1.85 bits per heavy atom. The molecule has 1 amide bonds. The molecule has 1 aromatic heterocycles. The lowest BCUT2D eigenvalue weighted by molar-refractivity contribution is -0.150. The molecule has 0 saturated carbocycles. The van der Waals surface area contributed by atoms with Crippen LogP contribution in [0.3, 0.4) is 0 Å². The van der Waals surface area contributed by atoms with Crippen molar-refractivity contribution in [3.05, 3.63) is 48.2 Å². The molecule has 5 heteroatoms. The maximum Gasteiger partial charge on any atom is 0.223 e. The summed E-state index contributed by atoms with van der Waals surface area (Å²) in [6.07, 6.45) is 3.93. The van der Waals surface area contributed by atoms with Crippen LogP contribution < -0.4 is 0 Å². The van der Waals surface area contributed by atoms with Crippen LogP contribution >= 0.6 is 0 Å². The lowest BCUT2D eigenvalue weighted by Gasteiger charge is -2.38. The fourth-order valence-corrected chi connectivity index (χ4v) is 3.79. The quantitative estimate of drug-likeness (QED) is 0.822. The van der Waals surface area contributed by atoms with Crippen molar-refractivity contribution in [2.75, 3.05) is 19.8 Å². The molecule has 0 N–H and O–H groups in total. The van der Waals surface area contributed by atoms with Gasteiger partial charge in [0.25, 0.3) is 0 Å². The van der Waals surface area contributed by atoms with E-state index in [4.69, 9.17) is 13.9 Å². The van der Waals surface area contributed by atoms with Crippen LogP contribution in [0.25, 0.3) is 11.3 Å². The highest BCUT2D eigenvalue weighted by Crippen LogP contribution is 2.26. The van der Waals surface area contributed by atoms with Crippen LogP contribution in [-0.4, -0.2) is 42.9 Å². The summed E-state index contributed by atoms with van der Waals surface area (Å²) in [7, 11) is 0. The molecule has 0 spiro atoms. The minimum Gasteiger partial charge on any atom is -0.461 e. The summed E-state index contributed by atoms with van der Waals surface area (Å²) in [5, 5.41) is 0. The van der Waals surface area contributed by atoms with E-state index in [9.17, 15) is 4.79 Å². The maximum absolute atomic E-state index is 12.8. The van der Waals surface area contributed by atoms with Gasteiger partial charge in [0.05, 0.1) is 19.3 Å². The van der Waals surface area contributed by atoms with Crippen molar-refractivity contribution < 1.29 is 18.7 Å². The van der Waals surface area contributed by atoms with Crippen molar-refractivity contribution >= 4 is 5.91 Å². The molecular weight excluding hydrogens is 330 g/mol. The normalized spacial score (nSPS) is 21.2. The topological polar surface area (TPSA) is 51.9 Å². The third-order valence-electron chi connectivity index (χ3n) is 5.14. The van der Waals surface area contributed by atoms with E-state index >= 15 is 0 Å². The van der Waals surface area contributed by atoms with E-state index < -0.39 is 0 Å². The second-order valence-corrected chi connectivity index (χ2v) is 6.89. The average Bonchev–Trinajstić information content (AvgIpc) is 3.39. The molecule has 2 aliphatic rings. The van der Waals surface area contributed by atoms with Crippen molar-refractivity contribution in [1.29, 1.82) is 0 Å². The van der Waals surface area contributed by atoms with Gasteiger partial charge in [-0.05, 0) is 31.4 Å². The number of likely N-dealkylation sites (tertiary alicyclic amines) is 1.